The number of fused-ring (bicyclic) bond motifs is 1. The molecule has 0 amide bonds. The van der Waals surface area contributed by atoms with Gasteiger partial charge in [-0.3, -0.25) is 0 Å². The molecule has 5 nitrogen and oxygen atoms in total. The molecule has 0 N–H and O–H groups in total. The monoisotopic (exact) mass is 238 g/mol. The smallest absolute Gasteiger partial charge is 0.192 e. The van der Waals surface area contributed by atoms with Gasteiger partial charge in [-0.1, -0.05) is 6.07 Å². The fourth-order valence-corrected chi connectivity index (χ4v) is 2.02. The van der Waals surface area contributed by atoms with Crippen molar-refractivity contribution in [3.8, 4) is 17.7 Å². The highest BCUT2D eigenvalue weighted by atomic mass is 16.3. The van der Waals surface area contributed by atoms with Crippen LogP contribution in [0.3, 0.4) is 0 Å². The van der Waals surface area contributed by atoms with E-state index in [0.29, 0.717) is 22.7 Å². The molecule has 0 saturated carbocycles. The summed E-state index contributed by atoms with van der Waals surface area (Å²) in [5, 5.41) is 9.09. The van der Waals surface area contributed by atoms with E-state index in [4.69, 9.17) is 9.68 Å². The summed E-state index contributed by atoms with van der Waals surface area (Å²) in [6.45, 7) is 1.86. The minimum absolute atomic E-state index is 0.562. The van der Waals surface area contributed by atoms with Gasteiger partial charge >= 0.3 is 0 Å². The first-order chi connectivity index (χ1) is 8.72. The number of nitriles is 1. The van der Waals surface area contributed by atoms with Crippen LogP contribution in [0.4, 0.5) is 0 Å². The average Bonchev–Trinajstić information content (AvgIpc) is 2.93. The Bertz CT molecular complexity index is 776. The Morgan fingerprint density at radius 3 is 2.89 bits per heavy atom. The summed E-state index contributed by atoms with van der Waals surface area (Å²) in [5.74, 6) is 1.32. The fourth-order valence-electron chi connectivity index (χ4n) is 2.02. The van der Waals surface area contributed by atoms with Crippen molar-refractivity contribution in [3.05, 3.63) is 35.9 Å². The van der Waals surface area contributed by atoms with Gasteiger partial charge in [-0.05, 0) is 19.1 Å². The second-order valence-corrected chi connectivity index (χ2v) is 4.05. The molecule has 0 saturated heterocycles. The molecule has 2 heterocycles. The quantitative estimate of drug-likeness (QED) is 0.652. The normalized spacial score (nSPS) is 10.7. The maximum absolute atomic E-state index is 9.09. The Balaban J connectivity index is 2.37. The van der Waals surface area contributed by atoms with Crippen LogP contribution in [-0.4, -0.2) is 14.5 Å². The Kier molecular flexibility index (Phi) is 2.17. The van der Waals surface area contributed by atoms with Crippen molar-refractivity contribution in [2.24, 2.45) is 7.05 Å². The second kappa shape index (κ2) is 3.70. The molecule has 88 valence electrons. The van der Waals surface area contributed by atoms with Crippen molar-refractivity contribution in [1.82, 2.24) is 14.5 Å². The summed E-state index contributed by atoms with van der Waals surface area (Å²) in [6.07, 6.45) is 1.40. The average molecular weight is 238 g/mol. The van der Waals surface area contributed by atoms with Gasteiger partial charge in [0.1, 0.15) is 11.6 Å². The minimum Gasteiger partial charge on any atom is -0.440 e. The molecule has 0 bridgehead atoms. The lowest BCUT2D eigenvalue weighted by atomic mass is 10.2. The predicted molar refractivity (Wildman–Crippen MR) is 65.7 cm³/mol. The summed E-state index contributed by atoms with van der Waals surface area (Å²) < 4.78 is 7.26. The van der Waals surface area contributed by atoms with Crippen molar-refractivity contribution in [1.29, 1.82) is 5.26 Å². The van der Waals surface area contributed by atoms with Gasteiger partial charge in [0.25, 0.3) is 0 Å². The van der Waals surface area contributed by atoms with Gasteiger partial charge in [0.15, 0.2) is 18.0 Å². The standard InChI is InChI=1S/C13H10N4O/c1-8-12(18-7-15-8)13-16-11-9(6-14)4-3-5-10(11)17(13)2/h3-5,7H,1-2H3. The van der Waals surface area contributed by atoms with E-state index in [0.717, 1.165) is 11.2 Å². The topological polar surface area (TPSA) is 67.6 Å². The summed E-state index contributed by atoms with van der Waals surface area (Å²) in [6, 6.07) is 7.68. The lowest BCUT2D eigenvalue weighted by Crippen LogP contribution is -1.92. The van der Waals surface area contributed by atoms with Crippen LogP contribution in [0.1, 0.15) is 11.3 Å². The zero-order valence-electron chi connectivity index (χ0n) is 10.0. The highest BCUT2D eigenvalue weighted by Crippen LogP contribution is 2.27. The number of hydrogen-bond acceptors (Lipinski definition) is 4. The van der Waals surface area contributed by atoms with Gasteiger partial charge in [-0.25, -0.2) is 9.97 Å². The molecule has 0 aliphatic carbocycles. The van der Waals surface area contributed by atoms with Crippen LogP contribution >= 0.6 is 0 Å². The number of hydrogen-bond donors (Lipinski definition) is 0. The van der Waals surface area contributed by atoms with E-state index in [9.17, 15) is 0 Å². The third-order valence-corrected chi connectivity index (χ3v) is 2.98. The van der Waals surface area contributed by atoms with Crippen molar-refractivity contribution in [2.75, 3.05) is 0 Å². The number of oxazole rings is 1. The van der Waals surface area contributed by atoms with E-state index >= 15 is 0 Å². The zero-order valence-corrected chi connectivity index (χ0v) is 10.0. The number of aromatic nitrogens is 3. The third kappa shape index (κ3) is 1.32. The van der Waals surface area contributed by atoms with Crippen LogP contribution in [0.2, 0.25) is 0 Å². The van der Waals surface area contributed by atoms with E-state index in [2.05, 4.69) is 16.0 Å². The third-order valence-electron chi connectivity index (χ3n) is 2.98. The lowest BCUT2D eigenvalue weighted by molar-refractivity contribution is 0.564. The van der Waals surface area contributed by atoms with E-state index in [-0.39, 0.29) is 0 Å². The molecular formula is C13H10N4O. The van der Waals surface area contributed by atoms with Crippen LogP contribution in [0, 0.1) is 18.3 Å². The van der Waals surface area contributed by atoms with Crippen molar-refractivity contribution < 1.29 is 4.42 Å². The van der Waals surface area contributed by atoms with E-state index in [1.807, 2.05) is 30.7 Å². The molecule has 1 aromatic carbocycles. The van der Waals surface area contributed by atoms with Crippen LogP contribution in [0.15, 0.2) is 29.0 Å². The van der Waals surface area contributed by atoms with Crippen LogP contribution < -0.4 is 0 Å². The molecule has 18 heavy (non-hydrogen) atoms. The highest BCUT2D eigenvalue weighted by Gasteiger charge is 2.16. The molecule has 0 spiro atoms. The Labute approximate surface area is 103 Å². The maximum atomic E-state index is 9.09. The maximum Gasteiger partial charge on any atom is 0.192 e. The molecular weight excluding hydrogens is 228 g/mol. The van der Waals surface area contributed by atoms with Crippen LogP contribution in [0.25, 0.3) is 22.6 Å². The molecule has 0 aliphatic heterocycles. The van der Waals surface area contributed by atoms with Crippen LogP contribution in [0.5, 0.6) is 0 Å². The Morgan fingerprint density at radius 1 is 1.39 bits per heavy atom. The lowest BCUT2D eigenvalue weighted by Gasteiger charge is -1.99. The number of para-hydroxylation sites is 1. The summed E-state index contributed by atoms with van der Waals surface area (Å²) in [4.78, 5) is 8.55. The number of imidazole rings is 1. The summed E-state index contributed by atoms with van der Waals surface area (Å²) >= 11 is 0. The Hall–Kier alpha value is -2.61. The molecule has 5 heteroatoms. The van der Waals surface area contributed by atoms with Gasteiger partial charge in [0, 0.05) is 7.05 Å². The first-order valence-corrected chi connectivity index (χ1v) is 5.48. The molecule has 3 rings (SSSR count). The van der Waals surface area contributed by atoms with Gasteiger partial charge in [0.2, 0.25) is 0 Å². The van der Waals surface area contributed by atoms with Crippen molar-refractivity contribution in [3.63, 3.8) is 0 Å². The minimum atomic E-state index is 0.562. The highest BCUT2D eigenvalue weighted by molar-refractivity contribution is 5.85. The van der Waals surface area contributed by atoms with Crippen molar-refractivity contribution in [2.45, 2.75) is 6.92 Å². The summed E-state index contributed by atoms with van der Waals surface area (Å²) in [5.41, 5.74) is 2.94. The first kappa shape index (κ1) is 10.5. The molecule has 0 radical (unpaired) electrons. The van der Waals surface area contributed by atoms with Gasteiger partial charge in [-0.15, -0.1) is 0 Å². The van der Waals surface area contributed by atoms with E-state index in [1.165, 1.54) is 6.39 Å². The largest absolute Gasteiger partial charge is 0.440 e. The predicted octanol–water partition coefficient (Wildman–Crippen LogP) is 2.41. The molecule has 3 aromatic rings. The van der Waals surface area contributed by atoms with Gasteiger partial charge in [0.05, 0.1) is 16.8 Å². The molecule has 0 unspecified atom stereocenters. The van der Waals surface area contributed by atoms with Gasteiger partial charge < -0.3 is 8.98 Å². The molecule has 0 atom stereocenters. The first-order valence-electron chi connectivity index (χ1n) is 5.48. The van der Waals surface area contributed by atoms with E-state index in [1.54, 1.807) is 6.07 Å². The zero-order chi connectivity index (χ0) is 12.7. The number of benzene rings is 1. The molecule has 0 aliphatic rings. The van der Waals surface area contributed by atoms with Crippen molar-refractivity contribution >= 4 is 11.0 Å². The Morgan fingerprint density at radius 2 is 2.22 bits per heavy atom. The fraction of sp³-hybridized carbons (Fsp3) is 0.154. The van der Waals surface area contributed by atoms with E-state index < -0.39 is 0 Å². The second-order valence-electron chi connectivity index (χ2n) is 4.05. The summed E-state index contributed by atoms with van der Waals surface area (Å²) in [7, 11) is 1.90. The van der Waals surface area contributed by atoms with Crippen LogP contribution in [-0.2, 0) is 7.05 Å². The number of rotatable bonds is 1. The molecule has 0 fully saturated rings. The SMILES string of the molecule is Cc1ncoc1-c1nc2c(C#N)cccc2n1C. The molecule has 2 aromatic heterocycles. The van der Waals surface area contributed by atoms with Gasteiger partial charge in [-0.2, -0.15) is 5.26 Å². The number of aryl methyl sites for hydroxylation is 2. The number of nitrogens with zero attached hydrogens (tertiary/aromatic N) is 4.